The van der Waals surface area contributed by atoms with Crippen LogP contribution in [0.3, 0.4) is 0 Å². The Labute approximate surface area is 204 Å². The fourth-order valence-electron chi connectivity index (χ4n) is 4.19. The summed E-state index contributed by atoms with van der Waals surface area (Å²) in [5.74, 6) is 1.25. The van der Waals surface area contributed by atoms with Gasteiger partial charge in [-0.3, -0.25) is 9.59 Å². The summed E-state index contributed by atoms with van der Waals surface area (Å²) in [6, 6.07) is 25.9. The minimum atomic E-state index is -0.141. The summed E-state index contributed by atoms with van der Waals surface area (Å²) in [6.45, 7) is 3.98. The number of carbonyl (C=O) groups excluding carboxylic acids is 2. The quantitative estimate of drug-likeness (QED) is 0.277. The number of benzene rings is 4. The van der Waals surface area contributed by atoms with Gasteiger partial charge in [-0.1, -0.05) is 54.6 Å². The van der Waals surface area contributed by atoms with E-state index in [-0.39, 0.29) is 11.6 Å². The van der Waals surface area contributed by atoms with E-state index in [0.29, 0.717) is 27.9 Å². The summed E-state index contributed by atoms with van der Waals surface area (Å²) in [5, 5.41) is 3.41. The van der Waals surface area contributed by atoms with Gasteiger partial charge in [0.1, 0.15) is 11.5 Å². The number of alkyl halides is 1. The first-order valence-corrected chi connectivity index (χ1v) is 11.6. The molecule has 0 spiro atoms. The second-order valence-electron chi connectivity index (χ2n) is 7.90. The highest BCUT2D eigenvalue weighted by molar-refractivity contribution is 6.30. The highest BCUT2D eigenvalue weighted by Crippen LogP contribution is 2.36. The second kappa shape index (κ2) is 9.94. The molecule has 170 valence electrons. The lowest BCUT2D eigenvalue weighted by molar-refractivity contribution is 0.0979. The molecule has 0 atom stereocenters. The maximum absolute atomic E-state index is 13.3. The predicted molar refractivity (Wildman–Crippen MR) is 137 cm³/mol. The van der Waals surface area contributed by atoms with Crippen LogP contribution in [0.25, 0.3) is 0 Å². The molecular weight excluding hydrogens is 446 g/mol. The Hall–Kier alpha value is -3.89. The smallest absolute Gasteiger partial charge is 0.196 e. The SMILES string of the molecule is CCl.Cc1cc(Oc2ccccc2)cc(C)c1Nc1cccc2c1C(=O)c1ccccc1C2=O. The van der Waals surface area contributed by atoms with Crippen LogP contribution in [-0.2, 0) is 0 Å². The minimum absolute atomic E-state index is 0.126. The van der Waals surface area contributed by atoms with E-state index < -0.39 is 0 Å². The van der Waals surface area contributed by atoms with Gasteiger partial charge in [0.05, 0.1) is 11.3 Å². The molecule has 4 aromatic carbocycles. The van der Waals surface area contributed by atoms with Crippen molar-refractivity contribution in [1.82, 2.24) is 0 Å². The Morgan fingerprint density at radius 1 is 0.647 bits per heavy atom. The Bertz CT molecular complexity index is 1360. The lowest BCUT2D eigenvalue weighted by Crippen LogP contribution is -2.22. The summed E-state index contributed by atoms with van der Waals surface area (Å²) in [4.78, 5) is 26.3. The normalized spacial score (nSPS) is 11.6. The molecule has 1 aliphatic rings. The van der Waals surface area contributed by atoms with Crippen molar-refractivity contribution in [2.24, 2.45) is 0 Å². The van der Waals surface area contributed by atoms with Gasteiger partial charge in [0.15, 0.2) is 11.6 Å². The van der Waals surface area contributed by atoms with Crippen LogP contribution in [0.15, 0.2) is 84.9 Å². The summed E-state index contributed by atoms with van der Waals surface area (Å²) in [7, 11) is 0. The van der Waals surface area contributed by atoms with Gasteiger partial charge in [-0.15, -0.1) is 11.6 Å². The van der Waals surface area contributed by atoms with E-state index in [1.54, 1.807) is 36.4 Å². The van der Waals surface area contributed by atoms with Crippen molar-refractivity contribution in [3.63, 3.8) is 0 Å². The first-order valence-electron chi connectivity index (χ1n) is 10.8. The van der Waals surface area contributed by atoms with Crippen LogP contribution in [0.4, 0.5) is 11.4 Å². The molecule has 34 heavy (non-hydrogen) atoms. The van der Waals surface area contributed by atoms with Crippen LogP contribution >= 0.6 is 11.6 Å². The number of hydrogen-bond acceptors (Lipinski definition) is 4. The van der Waals surface area contributed by atoms with Crippen LogP contribution in [-0.4, -0.2) is 17.9 Å². The number of ether oxygens (including phenoxy) is 1. The van der Waals surface area contributed by atoms with Crippen molar-refractivity contribution in [2.75, 3.05) is 11.7 Å². The Morgan fingerprint density at radius 2 is 1.21 bits per heavy atom. The number of para-hydroxylation sites is 1. The van der Waals surface area contributed by atoms with Crippen LogP contribution in [0.2, 0.25) is 0 Å². The van der Waals surface area contributed by atoms with Gasteiger partial charge >= 0.3 is 0 Å². The average molecular weight is 470 g/mol. The average Bonchev–Trinajstić information content (AvgIpc) is 2.86. The third-order valence-corrected chi connectivity index (χ3v) is 5.70. The monoisotopic (exact) mass is 469 g/mol. The second-order valence-corrected chi connectivity index (χ2v) is 7.90. The summed E-state index contributed by atoms with van der Waals surface area (Å²) in [6.07, 6.45) is 1.47. The summed E-state index contributed by atoms with van der Waals surface area (Å²) < 4.78 is 5.98. The molecule has 0 saturated heterocycles. The van der Waals surface area contributed by atoms with Gasteiger partial charge in [-0.05, 0) is 55.3 Å². The van der Waals surface area contributed by atoms with Crippen LogP contribution in [0, 0.1) is 13.8 Å². The zero-order valence-electron chi connectivity index (χ0n) is 19.2. The lowest BCUT2D eigenvalue weighted by atomic mass is 9.83. The predicted octanol–water partition coefficient (Wildman–Crippen LogP) is 7.47. The molecule has 0 fully saturated rings. The Balaban J connectivity index is 0.00000133. The number of halogens is 1. The van der Waals surface area contributed by atoms with Crippen molar-refractivity contribution < 1.29 is 14.3 Å². The number of anilines is 2. The highest BCUT2D eigenvalue weighted by Gasteiger charge is 2.31. The third kappa shape index (κ3) is 4.33. The lowest BCUT2D eigenvalue weighted by Gasteiger charge is -2.22. The van der Waals surface area contributed by atoms with Gasteiger partial charge in [0, 0.05) is 28.8 Å². The molecule has 0 bridgehead atoms. The van der Waals surface area contributed by atoms with Crippen molar-refractivity contribution in [2.45, 2.75) is 13.8 Å². The van der Waals surface area contributed by atoms with Crippen molar-refractivity contribution in [3.8, 4) is 11.5 Å². The van der Waals surface area contributed by atoms with Gasteiger partial charge in [0.2, 0.25) is 0 Å². The number of carbonyl (C=O) groups is 2. The molecule has 0 saturated carbocycles. The number of nitrogens with one attached hydrogen (secondary N) is 1. The third-order valence-electron chi connectivity index (χ3n) is 5.70. The molecule has 0 aliphatic heterocycles. The topological polar surface area (TPSA) is 55.4 Å². The zero-order chi connectivity index (χ0) is 24.2. The van der Waals surface area contributed by atoms with Crippen LogP contribution < -0.4 is 10.1 Å². The maximum atomic E-state index is 13.3. The van der Waals surface area contributed by atoms with Gasteiger partial charge in [-0.2, -0.15) is 0 Å². The Kier molecular flexibility index (Phi) is 6.80. The van der Waals surface area contributed by atoms with Gasteiger partial charge in [-0.25, -0.2) is 0 Å². The zero-order valence-corrected chi connectivity index (χ0v) is 19.9. The molecule has 0 aromatic heterocycles. The van der Waals surface area contributed by atoms with Crippen molar-refractivity contribution >= 4 is 34.5 Å². The number of rotatable bonds is 4. The van der Waals surface area contributed by atoms with E-state index in [1.807, 2.05) is 62.4 Å². The number of fused-ring (bicyclic) bond motifs is 2. The number of hydrogen-bond donors (Lipinski definition) is 1. The molecule has 5 heteroatoms. The number of aryl methyl sites for hydroxylation is 2. The standard InChI is InChI=1S/C28H21NO3.CH3Cl/c1-17-15-20(32-19-9-4-3-5-10-19)16-18(2)26(17)29-24-14-8-13-23-25(24)28(31)22-12-7-6-11-21(22)27(23)30;1-2/h3-16,29H,1-2H3;1H3. The fraction of sp³-hybridized carbons (Fsp3) is 0.103. The molecule has 4 nitrogen and oxygen atoms in total. The molecule has 0 unspecified atom stereocenters. The van der Waals surface area contributed by atoms with Gasteiger partial charge in [0.25, 0.3) is 0 Å². The fourth-order valence-corrected chi connectivity index (χ4v) is 4.19. The highest BCUT2D eigenvalue weighted by atomic mass is 35.5. The van der Waals surface area contributed by atoms with Crippen LogP contribution in [0.1, 0.15) is 43.0 Å². The maximum Gasteiger partial charge on any atom is 0.196 e. The largest absolute Gasteiger partial charge is 0.457 e. The molecule has 0 radical (unpaired) electrons. The first kappa shape index (κ1) is 23.3. The first-order chi connectivity index (χ1) is 16.5. The molecule has 1 N–H and O–H groups in total. The summed E-state index contributed by atoms with van der Waals surface area (Å²) >= 11 is 4.64. The van der Waals surface area contributed by atoms with E-state index in [0.717, 1.165) is 28.3 Å². The molecule has 1 aliphatic carbocycles. The molecule has 4 aromatic rings. The molecular formula is C29H24ClNO3. The van der Waals surface area contributed by atoms with E-state index in [2.05, 4.69) is 16.9 Å². The van der Waals surface area contributed by atoms with E-state index in [9.17, 15) is 9.59 Å². The number of ketones is 2. The van der Waals surface area contributed by atoms with Crippen molar-refractivity contribution in [3.05, 3.63) is 118 Å². The van der Waals surface area contributed by atoms with Crippen molar-refractivity contribution in [1.29, 1.82) is 0 Å². The van der Waals surface area contributed by atoms with Crippen LogP contribution in [0.5, 0.6) is 11.5 Å². The van der Waals surface area contributed by atoms with E-state index in [4.69, 9.17) is 4.74 Å². The summed E-state index contributed by atoms with van der Waals surface area (Å²) in [5.41, 5.74) is 5.21. The van der Waals surface area contributed by atoms with E-state index >= 15 is 0 Å². The minimum Gasteiger partial charge on any atom is -0.457 e. The Morgan fingerprint density at radius 3 is 1.85 bits per heavy atom. The van der Waals surface area contributed by atoms with E-state index in [1.165, 1.54) is 6.38 Å². The van der Waals surface area contributed by atoms with Gasteiger partial charge < -0.3 is 10.1 Å². The molecule has 5 rings (SSSR count). The molecule has 0 amide bonds. The molecule has 0 heterocycles.